The van der Waals surface area contributed by atoms with E-state index in [0.29, 0.717) is 12.5 Å². The highest BCUT2D eigenvalue weighted by Crippen LogP contribution is 2.30. The SMILES string of the molecule is Nc1cnc(F)nc1OCC1CC1. The highest BCUT2D eigenvalue weighted by molar-refractivity contribution is 5.44. The molecule has 1 fully saturated rings. The van der Waals surface area contributed by atoms with E-state index >= 15 is 0 Å². The Morgan fingerprint density at radius 1 is 1.62 bits per heavy atom. The first-order chi connectivity index (χ1) is 6.25. The van der Waals surface area contributed by atoms with Gasteiger partial charge in [-0.3, -0.25) is 0 Å². The second kappa shape index (κ2) is 3.16. The van der Waals surface area contributed by atoms with E-state index in [1.165, 1.54) is 19.0 Å². The Bertz CT molecular complexity index is 314. The van der Waals surface area contributed by atoms with Crippen molar-refractivity contribution in [3.8, 4) is 5.88 Å². The van der Waals surface area contributed by atoms with E-state index in [9.17, 15) is 4.39 Å². The van der Waals surface area contributed by atoms with Gasteiger partial charge in [-0.25, -0.2) is 4.98 Å². The van der Waals surface area contributed by atoms with Crippen molar-refractivity contribution in [1.29, 1.82) is 0 Å². The van der Waals surface area contributed by atoms with Crippen molar-refractivity contribution in [1.82, 2.24) is 9.97 Å². The van der Waals surface area contributed by atoms with E-state index in [0.717, 1.165) is 0 Å². The average Bonchev–Trinajstić information content (AvgIpc) is 2.90. The molecule has 1 heterocycles. The van der Waals surface area contributed by atoms with Crippen molar-refractivity contribution in [2.24, 2.45) is 5.92 Å². The van der Waals surface area contributed by atoms with Crippen LogP contribution in [0.2, 0.25) is 0 Å². The molecule has 1 aliphatic carbocycles. The molecule has 0 radical (unpaired) electrons. The van der Waals surface area contributed by atoms with Gasteiger partial charge < -0.3 is 10.5 Å². The van der Waals surface area contributed by atoms with Crippen LogP contribution in [-0.4, -0.2) is 16.6 Å². The number of nitrogen functional groups attached to an aromatic ring is 1. The zero-order valence-electron chi connectivity index (χ0n) is 7.03. The van der Waals surface area contributed by atoms with Gasteiger partial charge in [0.25, 0.3) is 0 Å². The lowest BCUT2D eigenvalue weighted by Gasteiger charge is -2.05. The molecular weight excluding hydrogens is 173 g/mol. The zero-order chi connectivity index (χ0) is 9.26. The first-order valence-electron chi connectivity index (χ1n) is 4.16. The van der Waals surface area contributed by atoms with E-state index in [2.05, 4.69) is 9.97 Å². The molecule has 0 amide bonds. The third-order valence-corrected chi connectivity index (χ3v) is 1.90. The number of nitrogens with two attached hydrogens (primary N) is 1. The third-order valence-electron chi connectivity index (χ3n) is 1.90. The minimum Gasteiger partial charge on any atom is -0.476 e. The molecule has 0 aliphatic heterocycles. The van der Waals surface area contributed by atoms with E-state index in [1.807, 2.05) is 0 Å². The molecule has 0 aromatic carbocycles. The predicted molar refractivity (Wildman–Crippen MR) is 44.6 cm³/mol. The molecule has 1 aromatic rings. The topological polar surface area (TPSA) is 61.0 Å². The Morgan fingerprint density at radius 2 is 2.38 bits per heavy atom. The fourth-order valence-electron chi connectivity index (χ4n) is 0.952. The van der Waals surface area contributed by atoms with Gasteiger partial charge in [-0.2, -0.15) is 9.37 Å². The van der Waals surface area contributed by atoms with Gasteiger partial charge in [0.15, 0.2) is 0 Å². The summed E-state index contributed by atoms with van der Waals surface area (Å²) >= 11 is 0. The molecule has 2 rings (SSSR count). The number of halogens is 1. The molecule has 1 saturated carbocycles. The maximum Gasteiger partial charge on any atom is 0.311 e. The Hall–Kier alpha value is -1.39. The first-order valence-corrected chi connectivity index (χ1v) is 4.16. The van der Waals surface area contributed by atoms with E-state index in [-0.39, 0.29) is 11.6 Å². The molecule has 5 heteroatoms. The molecule has 0 saturated heterocycles. The van der Waals surface area contributed by atoms with Crippen molar-refractivity contribution in [2.75, 3.05) is 12.3 Å². The van der Waals surface area contributed by atoms with Crippen molar-refractivity contribution in [2.45, 2.75) is 12.8 Å². The zero-order valence-corrected chi connectivity index (χ0v) is 7.03. The summed E-state index contributed by atoms with van der Waals surface area (Å²) in [6, 6.07) is 0. The lowest BCUT2D eigenvalue weighted by molar-refractivity contribution is 0.284. The quantitative estimate of drug-likeness (QED) is 0.710. The Morgan fingerprint density at radius 3 is 3.08 bits per heavy atom. The van der Waals surface area contributed by atoms with Gasteiger partial charge in [0.2, 0.25) is 5.88 Å². The summed E-state index contributed by atoms with van der Waals surface area (Å²) < 4.78 is 17.8. The van der Waals surface area contributed by atoms with Crippen molar-refractivity contribution in [3.63, 3.8) is 0 Å². The van der Waals surface area contributed by atoms with E-state index in [4.69, 9.17) is 10.5 Å². The average molecular weight is 183 g/mol. The van der Waals surface area contributed by atoms with Crippen molar-refractivity contribution in [3.05, 3.63) is 12.3 Å². The second-order valence-corrected chi connectivity index (χ2v) is 3.15. The minimum absolute atomic E-state index is 0.152. The van der Waals surface area contributed by atoms with E-state index in [1.54, 1.807) is 0 Å². The molecule has 0 bridgehead atoms. The van der Waals surface area contributed by atoms with Crippen molar-refractivity contribution < 1.29 is 9.13 Å². The number of ether oxygens (including phenoxy) is 1. The number of rotatable bonds is 3. The van der Waals surface area contributed by atoms with Crippen molar-refractivity contribution >= 4 is 5.69 Å². The monoisotopic (exact) mass is 183 g/mol. The standard InChI is InChI=1S/C8H10FN3O/c9-8-11-3-6(10)7(12-8)13-4-5-1-2-5/h3,5H,1-2,4,10H2. The predicted octanol–water partition coefficient (Wildman–Crippen LogP) is 0.987. The van der Waals surface area contributed by atoms with Gasteiger partial charge in [0.05, 0.1) is 12.8 Å². The number of aromatic nitrogens is 2. The van der Waals surface area contributed by atoms with Crippen LogP contribution in [0, 0.1) is 12.0 Å². The summed E-state index contributed by atoms with van der Waals surface area (Å²) in [6.45, 7) is 0.570. The van der Waals surface area contributed by atoms with Crippen LogP contribution in [0.15, 0.2) is 6.20 Å². The van der Waals surface area contributed by atoms with E-state index < -0.39 is 6.08 Å². The first kappa shape index (κ1) is 8.22. The Labute approximate surface area is 74.9 Å². The van der Waals surface area contributed by atoms with Crippen LogP contribution in [0.25, 0.3) is 0 Å². The molecule has 70 valence electrons. The Balaban J connectivity index is 2.03. The van der Waals surface area contributed by atoms with Crippen LogP contribution in [0.3, 0.4) is 0 Å². The highest BCUT2D eigenvalue weighted by atomic mass is 19.1. The summed E-state index contributed by atoms with van der Waals surface area (Å²) in [6.07, 6.45) is 2.76. The summed E-state index contributed by atoms with van der Waals surface area (Å²) in [7, 11) is 0. The van der Waals surface area contributed by atoms with Gasteiger partial charge in [0.1, 0.15) is 5.69 Å². The van der Waals surface area contributed by atoms with Crippen LogP contribution in [0.1, 0.15) is 12.8 Å². The molecule has 2 N–H and O–H groups in total. The summed E-state index contributed by atoms with van der Waals surface area (Å²) in [5.41, 5.74) is 5.76. The lowest BCUT2D eigenvalue weighted by atomic mass is 10.4. The molecule has 0 atom stereocenters. The molecular formula is C8H10FN3O. The van der Waals surface area contributed by atoms with Gasteiger partial charge in [-0.1, -0.05) is 0 Å². The number of nitrogens with zero attached hydrogens (tertiary/aromatic N) is 2. The summed E-state index contributed by atoms with van der Waals surface area (Å²) in [4.78, 5) is 6.75. The van der Waals surface area contributed by atoms with Gasteiger partial charge in [-0.05, 0) is 18.8 Å². The molecule has 1 aliphatic rings. The van der Waals surface area contributed by atoms with Gasteiger partial charge in [0, 0.05) is 0 Å². The second-order valence-electron chi connectivity index (χ2n) is 3.15. The molecule has 0 unspecified atom stereocenters. The highest BCUT2D eigenvalue weighted by Gasteiger charge is 2.22. The van der Waals surface area contributed by atoms with Crippen LogP contribution in [0.4, 0.5) is 10.1 Å². The summed E-state index contributed by atoms with van der Waals surface area (Å²) in [5.74, 6) is 0.747. The normalized spacial score (nSPS) is 15.8. The van der Waals surface area contributed by atoms with Gasteiger partial charge >= 0.3 is 6.08 Å². The van der Waals surface area contributed by atoms with Crippen LogP contribution in [-0.2, 0) is 0 Å². The fraction of sp³-hybridized carbons (Fsp3) is 0.500. The number of anilines is 1. The maximum atomic E-state index is 12.5. The summed E-state index contributed by atoms with van der Waals surface area (Å²) in [5, 5.41) is 0. The fourth-order valence-corrected chi connectivity index (χ4v) is 0.952. The minimum atomic E-state index is -0.806. The largest absolute Gasteiger partial charge is 0.476 e. The van der Waals surface area contributed by atoms with Crippen LogP contribution in [0.5, 0.6) is 5.88 Å². The van der Waals surface area contributed by atoms with Gasteiger partial charge in [-0.15, -0.1) is 0 Å². The van der Waals surface area contributed by atoms with Crippen LogP contribution < -0.4 is 10.5 Å². The number of hydrogen-bond donors (Lipinski definition) is 1. The smallest absolute Gasteiger partial charge is 0.311 e. The molecule has 13 heavy (non-hydrogen) atoms. The Kier molecular flexibility index (Phi) is 2.00. The third kappa shape index (κ3) is 2.05. The molecule has 4 nitrogen and oxygen atoms in total. The van der Waals surface area contributed by atoms with Crippen LogP contribution >= 0.6 is 0 Å². The molecule has 0 spiro atoms. The molecule has 1 aromatic heterocycles. The maximum absolute atomic E-state index is 12.5. The lowest BCUT2D eigenvalue weighted by Crippen LogP contribution is -2.05. The number of hydrogen-bond acceptors (Lipinski definition) is 4.